The van der Waals surface area contributed by atoms with E-state index in [-0.39, 0.29) is 30.4 Å². The number of carbonyl (C=O) groups is 3. The van der Waals surface area contributed by atoms with Crippen molar-refractivity contribution >= 4 is 29.7 Å². The van der Waals surface area contributed by atoms with Gasteiger partial charge in [0.15, 0.2) is 0 Å². The Hall–Kier alpha value is -1.44. The molecule has 0 aromatic heterocycles. The highest BCUT2D eigenvalue weighted by Gasteiger charge is 2.42. The van der Waals surface area contributed by atoms with Crippen LogP contribution in [0.3, 0.4) is 0 Å². The van der Waals surface area contributed by atoms with Crippen LogP contribution < -0.4 is 16.0 Å². The zero-order valence-corrected chi connectivity index (χ0v) is 14.7. The largest absolute Gasteiger partial charge is 0.481 e. The minimum absolute atomic E-state index is 0.0574. The number of carboxylic acid groups (broad SMARTS) is 1. The van der Waals surface area contributed by atoms with Gasteiger partial charge in [-0.1, -0.05) is 12.8 Å². The summed E-state index contributed by atoms with van der Waals surface area (Å²) in [7, 11) is 0. The molecule has 2 rings (SSSR count). The molecule has 4 N–H and O–H groups in total. The van der Waals surface area contributed by atoms with E-state index < -0.39 is 5.97 Å². The SMILES string of the molecule is O=C(O)CCCCCNC(=O)CCCC[C@H]1SC[C@H]2NC(=O)N[C@H]21. The summed E-state index contributed by atoms with van der Waals surface area (Å²) in [4.78, 5) is 33.4. The lowest BCUT2D eigenvalue weighted by Gasteiger charge is -2.16. The summed E-state index contributed by atoms with van der Waals surface area (Å²) >= 11 is 1.90. The Bertz CT molecular complexity index is 461. The quantitative estimate of drug-likeness (QED) is 0.331. The molecule has 0 aromatic rings. The van der Waals surface area contributed by atoms with Crippen LogP contribution in [0, 0.1) is 0 Å². The topological polar surface area (TPSA) is 108 Å². The maximum Gasteiger partial charge on any atom is 0.315 e. The van der Waals surface area contributed by atoms with Crippen LogP contribution in [0.15, 0.2) is 0 Å². The first-order chi connectivity index (χ1) is 11.6. The van der Waals surface area contributed by atoms with E-state index in [0.29, 0.717) is 24.6 Å². The lowest BCUT2D eigenvalue weighted by molar-refractivity contribution is -0.137. The molecule has 2 aliphatic heterocycles. The number of rotatable bonds is 11. The Labute approximate surface area is 146 Å². The summed E-state index contributed by atoms with van der Waals surface area (Å²) in [6.07, 6.45) is 5.93. The number of carboxylic acids is 1. The molecule has 3 amide bonds. The summed E-state index contributed by atoms with van der Waals surface area (Å²) < 4.78 is 0. The Morgan fingerprint density at radius 3 is 2.71 bits per heavy atom. The van der Waals surface area contributed by atoms with Crippen molar-refractivity contribution in [2.45, 2.75) is 68.7 Å². The number of amides is 3. The highest BCUT2D eigenvalue weighted by Crippen LogP contribution is 2.33. The van der Waals surface area contributed by atoms with Crippen molar-refractivity contribution in [3.63, 3.8) is 0 Å². The van der Waals surface area contributed by atoms with E-state index in [0.717, 1.165) is 37.9 Å². The molecule has 24 heavy (non-hydrogen) atoms. The molecule has 0 radical (unpaired) electrons. The van der Waals surface area contributed by atoms with Gasteiger partial charge < -0.3 is 21.1 Å². The molecule has 2 aliphatic rings. The zero-order valence-electron chi connectivity index (χ0n) is 13.9. The van der Waals surface area contributed by atoms with Gasteiger partial charge in [0.2, 0.25) is 5.91 Å². The van der Waals surface area contributed by atoms with Crippen molar-refractivity contribution in [3.05, 3.63) is 0 Å². The number of thioether (sulfide) groups is 1. The van der Waals surface area contributed by atoms with Gasteiger partial charge >= 0.3 is 12.0 Å². The van der Waals surface area contributed by atoms with Gasteiger partial charge in [0, 0.05) is 30.4 Å². The van der Waals surface area contributed by atoms with Gasteiger partial charge in [-0.05, 0) is 25.7 Å². The van der Waals surface area contributed by atoms with Crippen LogP contribution in [0.1, 0.15) is 51.4 Å². The van der Waals surface area contributed by atoms with Crippen LogP contribution in [0.4, 0.5) is 4.79 Å². The van der Waals surface area contributed by atoms with Crippen molar-refractivity contribution in [2.24, 2.45) is 0 Å². The van der Waals surface area contributed by atoms with E-state index in [4.69, 9.17) is 5.11 Å². The molecule has 2 saturated heterocycles. The van der Waals surface area contributed by atoms with Gasteiger partial charge in [-0.2, -0.15) is 11.8 Å². The number of carbonyl (C=O) groups excluding carboxylic acids is 2. The molecule has 0 aromatic carbocycles. The lowest BCUT2D eigenvalue weighted by atomic mass is 10.0. The summed E-state index contributed by atoms with van der Waals surface area (Å²) in [6, 6.07) is 0.442. The van der Waals surface area contributed by atoms with Gasteiger partial charge in [-0.15, -0.1) is 0 Å². The molecule has 0 unspecified atom stereocenters. The zero-order chi connectivity index (χ0) is 17.4. The Morgan fingerprint density at radius 1 is 1.12 bits per heavy atom. The smallest absolute Gasteiger partial charge is 0.315 e. The second kappa shape index (κ2) is 9.76. The Morgan fingerprint density at radius 2 is 1.92 bits per heavy atom. The summed E-state index contributed by atoms with van der Waals surface area (Å²) in [6.45, 7) is 0.623. The average Bonchev–Trinajstić information content (AvgIpc) is 3.06. The van der Waals surface area contributed by atoms with E-state index in [1.165, 1.54) is 0 Å². The van der Waals surface area contributed by atoms with Crippen LogP contribution in [-0.4, -0.2) is 52.6 Å². The van der Waals surface area contributed by atoms with Gasteiger partial charge in [0.25, 0.3) is 0 Å². The third-order valence-electron chi connectivity index (χ3n) is 4.47. The fourth-order valence-corrected chi connectivity index (χ4v) is 4.71. The van der Waals surface area contributed by atoms with Crippen LogP contribution in [-0.2, 0) is 9.59 Å². The van der Waals surface area contributed by atoms with Gasteiger partial charge in [-0.3, -0.25) is 9.59 Å². The number of nitrogens with one attached hydrogen (secondary N) is 3. The highest BCUT2D eigenvalue weighted by atomic mass is 32.2. The first-order valence-electron chi connectivity index (χ1n) is 8.73. The number of hydrogen-bond acceptors (Lipinski definition) is 4. The summed E-state index contributed by atoms with van der Waals surface area (Å²) in [5.74, 6) is 0.274. The first kappa shape index (κ1) is 18.9. The molecule has 8 heteroatoms. The first-order valence-corrected chi connectivity index (χ1v) is 9.78. The van der Waals surface area contributed by atoms with E-state index in [1.54, 1.807) is 0 Å². The maximum atomic E-state index is 11.7. The summed E-state index contributed by atoms with van der Waals surface area (Å²) in [5, 5.41) is 17.8. The van der Waals surface area contributed by atoms with Crippen molar-refractivity contribution in [3.8, 4) is 0 Å². The number of urea groups is 1. The normalized spacial score (nSPS) is 25.0. The Kier molecular flexibility index (Phi) is 7.68. The van der Waals surface area contributed by atoms with Gasteiger partial charge in [0.05, 0.1) is 12.1 Å². The predicted octanol–water partition coefficient (Wildman–Crippen LogP) is 1.47. The predicted molar refractivity (Wildman–Crippen MR) is 93.1 cm³/mol. The van der Waals surface area contributed by atoms with Crippen LogP contribution in [0.25, 0.3) is 0 Å². The molecule has 136 valence electrons. The molecule has 0 saturated carbocycles. The standard InChI is InChI=1S/C16H27N3O4S/c20-13(17-9-5-1-2-8-14(21)22)7-4-3-6-12-15-11(10-24-12)18-16(23)19-15/h11-12,15H,1-10H2,(H,17,20)(H,21,22)(H2,18,19,23)/t11-,12-,15-/m1/s1. The maximum absolute atomic E-state index is 11.7. The minimum Gasteiger partial charge on any atom is -0.481 e. The van der Waals surface area contributed by atoms with Crippen LogP contribution in [0.2, 0.25) is 0 Å². The van der Waals surface area contributed by atoms with E-state index in [9.17, 15) is 14.4 Å². The lowest BCUT2D eigenvalue weighted by Crippen LogP contribution is -2.36. The van der Waals surface area contributed by atoms with Crippen LogP contribution >= 0.6 is 11.8 Å². The third-order valence-corrected chi connectivity index (χ3v) is 5.98. The third kappa shape index (κ3) is 6.22. The van der Waals surface area contributed by atoms with E-state index in [2.05, 4.69) is 16.0 Å². The van der Waals surface area contributed by atoms with Crippen molar-refractivity contribution in [1.82, 2.24) is 16.0 Å². The second-order valence-corrected chi connectivity index (χ2v) is 7.69. The fraction of sp³-hybridized carbons (Fsp3) is 0.812. The minimum atomic E-state index is -0.765. The second-order valence-electron chi connectivity index (χ2n) is 6.42. The van der Waals surface area contributed by atoms with E-state index >= 15 is 0 Å². The molecular weight excluding hydrogens is 330 g/mol. The number of unbranched alkanes of at least 4 members (excludes halogenated alkanes) is 3. The van der Waals surface area contributed by atoms with Gasteiger partial charge in [0.1, 0.15) is 0 Å². The van der Waals surface area contributed by atoms with Crippen molar-refractivity contribution in [2.75, 3.05) is 12.3 Å². The molecular formula is C16H27N3O4S. The molecule has 0 spiro atoms. The molecule has 3 atom stereocenters. The molecule has 7 nitrogen and oxygen atoms in total. The Balaban J connectivity index is 1.45. The monoisotopic (exact) mass is 357 g/mol. The summed E-state index contributed by atoms with van der Waals surface area (Å²) in [5.41, 5.74) is 0. The molecule has 2 fully saturated rings. The number of hydrogen-bond donors (Lipinski definition) is 4. The average molecular weight is 357 g/mol. The number of aliphatic carboxylic acids is 1. The van der Waals surface area contributed by atoms with Crippen molar-refractivity contribution in [1.29, 1.82) is 0 Å². The van der Waals surface area contributed by atoms with E-state index in [1.807, 2.05) is 11.8 Å². The molecule has 2 heterocycles. The molecule has 0 aliphatic carbocycles. The van der Waals surface area contributed by atoms with Crippen LogP contribution in [0.5, 0.6) is 0 Å². The molecule has 0 bridgehead atoms. The van der Waals surface area contributed by atoms with Crippen molar-refractivity contribution < 1.29 is 19.5 Å². The highest BCUT2D eigenvalue weighted by molar-refractivity contribution is 8.00. The fourth-order valence-electron chi connectivity index (χ4n) is 3.17. The van der Waals surface area contributed by atoms with Gasteiger partial charge in [-0.25, -0.2) is 4.79 Å². The number of fused-ring (bicyclic) bond motifs is 1.